The zero-order chi connectivity index (χ0) is 21.3. The van der Waals surface area contributed by atoms with E-state index in [1.54, 1.807) is 12.1 Å². The molecule has 0 aliphatic heterocycles. The molecule has 0 saturated carbocycles. The maximum absolute atomic E-state index is 12.4. The summed E-state index contributed by atoms with van der Waals surface area (Å²) in [7, 11) is 1.35. The van der Waals surface area contributed by atoms with Crippen molar-refractivity contribution < 1.29 is 19.4 Å². The number of carbonyl (C=O) groups excluding carboxylic acids is 2. The standard InChI is InChI=1S/C25H36O4/c1-3-4-5-6-7-8-16-22(26)17-11-9-14-21-15-10-12-18-23(21)24(27)19-13-20-25(28)29-2/h9-12,14-15,17-18,22,26H,3-8,13,16,19-20H2,1-2H3/b14-9+,17-11+. The molecule has 0 saturated heterocycles. The van der Waals surface area contributed by atoms with E-state index >= 15 is 0 Å². The summed E-state index contributed by atoms with van der Waals surface area (Å²) in [5, 5.41) is 10.0. The number of rotatable bonds is 15. The third-order valence-electron chi connectivity index (χ3n) is 4.85. The number of carbonyl (C=O) groups is 2. The Balaban J connectivity index is 2.46. The number of methoxy groups -OCH3 is 1. The fraction of sp³-hybridized carbons (Fsp3) is 0.520. The number of aliphatic hydroxyl groups excluding tert-OH is 1. The monoisotopic (exact) mass is 400 g/mol. The molecule has 0 aliphatic rings. The first-order valence-corrected chi connectivity index (χ1v) is 10.8. The lowest BCUT2D eigenvalue weighted by atomic mass is 9.99. The van der Waals surface area contributed by atoms with Crippen LogP contribution in [0.2, 0.25) is 0 Å². The van der Waals surface area contributed by atoms with Gasteiger partial charge in [-0.3, -0.25) is 9.59 Å². The molecule has 0 aliphatic carbocycles. The van der Waals surface area contributed by atoms with Crippen molar-refractivity contribution in [3.63, 3.8) is 0 Å². The smallest absolute Gasteiger partial charge is 0.305 e. The Morgan fingerprint density at radius 2 is 1.72 bits per heavy atom. The molecule has 0 bridgehead atoms. The Morgan fingerprint density at radius 1 is 1.00 bits per heavy atom. The van der Waals surface area contributed by atoms with E-state index in [9.17, 15) is 14.7 Å². The number of hydrogen-bond donors (Lipinski definition) is 1. The van der Waals surface area contributed by atoms with E-state index in [4.69, 9.17) is 0 Å². The minimum absolute atomic E-state index is 0.0150. The fourth-order valence-corrected chi connectivity index (χ4v) is 3.11. The molecule has 1 unspecified atom stereocenters. The van der Waals surface area contributed by atoms with Crippen LogP contribution in [0.25, 0.3) is 6.08 Å². The van der Waals surface area contributed by atoms with Crippen molar-refractivity contribution in [1.82, 2.24) is 0 Å². The maximum atomic E-state index is 12.4. The summed E-state index contributed by atoms with van der Waals surface area (Å²) in [6.07, 6.45) is 16.0. The highest BCUT2D eigenvalue weighted by molar-refractivity contribution is 5.99. The Labute approximate surface area is 175 Å². The second-order valence-corrected chi connectivity index (χ2v) is 7.31. The lowest BCUT2D eigenvalue weighted by Gasteiger charge is -2.05. The summed E-state index contributed by atoms with van der Waals surface area (Å²) in [6.45, 7) is 2.21. The molecule has 1 aromatic rings. The minimum Gasteiger partial charge on any atom is -0.469 e. The number of ether oxygens (including phenoxy) is 1. The molecule has 4 nitrogen and oxygen atoms in total. The summed E-state index contributed by atoms with van der Waals surface area (Å²) in [6, 6.07) is 7.43. The summed E-state index contributed by atoms with van der Waals surface area (Å²) in [5.41, 5.74) is 1.49. The molecule has 0 spiro atoms. The van der Waals surface area contributed by atoms with Crippen molar-refractivity contribution in [2.75, 3.05) is 7.11 Å². The van der Waals surface area contributed by atoms with Gasteiger partial charge in [-0.15, -0.1) is 0 Å². The normalized spacial score (nSPS) is 12.5. The molecule has 1 atom stereocenters. The lowest BCUT2D eigenvalue weighted by Crippen LogP contribution is -2.05. The third-order valence-corrected chi connectivity index (χ3v) is 4.85. The predicted octanol–water partition coefficient (Wildman–Crippen LogP) is 5.89. The van der Waals surface area contributed by atoms with Crippen molar-refractivity contribution in [2.24, 2.45) is 0 Å². The summed E-state index contributed by atoms with van der Waals surface area (Å²) in [5.74, 6) is -0.281. The number of ketones is 1. The number of Topliss-reactive ketones (excluding diaryl/α,β-unsaturated/α-hetero) is 1. The van der Waals surface area contributed by atoms with Crippen molar-refractivity contribution in [3.8, 4) is 0 Å². The second kappa shape index (κ2) is 15.7. The number of unbranched alkanes of at least 4 members (excludes halogenated alkanes) is 5. The molecule has 29 heavy (non-hydrogen) atoms. The van der Waals surface area contributed by atoms with Crippen LogP contribution in [-0.2, 0) is 9.53 Å². The zero-order valence-electron chi connectivity index (χ0n) is 17.9. The van der Waals surface area contributed by atoms with Crippen LogP contribution in [0.5, 0.6) is 0 Å². The average molecular weight is 401 g/mol. The molecule has 1 rings (SSSR count). The van der Waals surface area contributed by atoms with Gasteiger partial charge in [0.2, 0.25) is 0 Å². The average Bonchev–Trinajstić information content (AvgIpc) is 2.73. The third kappa shape index (κ3) is 11.4. The van der Waals surface area contributed by atoms with E-state index in [1.807, 2.05) is 36.4 Å². The van der Waals surface area contributed by atoms with Gasteiger partial charge in [0.1, 0.15) is 0 Å². The first-order chi connectivity index (χ1) is 14.1. The SMILES string of the molecule is CCCCCCCCC(O)/C=C/C=C/c1ccccc1C(=O)CCCC(=O)OC. The Morgan fingerprint density at radius 3 is 2.48 bits per heavy atom. The molecule has 0 amide bonds. The molecular formula is C25H36O4. The van der Waals surface area contributed by atoms with Gasteiger partial charge in [0, 0.05) is 18.4 Å². The molecule has 1 N–H and O–H groups in total. The lowest BCUT2D eigenvalue weighted by molar-refractivity contribution is -0.140. The first-order valence-electron chi connectivity index (χ1n) is 10.8. The second-order valence-electron chi connectivity index (χ2n) is 7.31. The number of allylic oxidation sites excluding steroid dienone is 2. The van der Waals surface area contributed by atoms with E-state index in [2.05, 4.69) is 11.7 Å². The highest BCUT2D eigenvalue weighted by atomic mass is 16.5. The van der Waals surface area contributed by atoms with Crippen LogP contribution in [0, 0.1) is 0 Å². The highest BCUT2D eigenvalue weighted by Gasteiger charge is 2.10. The molecule has 0 aromatic heterocycles. The summed E-state index contributed by atoms with van der Waals surface area (Å²) in [4.78, 5) is 23.6. The first kappa shape index (κ1) is 24.8. The van der Waals surface area contributed by atoms with Crippen molar-refractivity contribution in [2.45, 2.75) is 77.2 Å². The van der Waals surface area contributed by atoms with Crippen LogP contribution in [0.3, 0.4) is 0 Å². The van der Waals surface area contributed by atoms with Crippen LogP contribution in [0.4, 0.5) is 0 Å². The number of aliphatic hydroxyl groups is 1. The molecule has 0 heterocycles. The van der Waals surface area contributed by atoms with Crippen LogP contribution < -0.4 is 0 Å². The van der Waals surface area contributed by atoms with Gasteiger partial charge in [-0.25, -0.2) is 0 Å². The Bertz CT molecular complexity index is 661. The van der Waals surface area contributed by atoms with Crippen LogP contribution in [-0.4, -0.2) is 30.1 Å². The quantitative estimate of drug-likeness (QED) is 0.172. The summed E-state index contributed by atoms with van der Waals surface area (Å²) >= 11 is 0. The zero-order valence-corrected chi connectivity index (χ0v) is 17.9. The van der Waals surface area contributed by atoms with Gasteiger partial charge in [-0.2, -0.15) is 0 Å². The minimum atomic E-state index is -0.430. The van der Waals surface area contributed by atoms with E-state index in [-0.39, 0.29) is 18.2 Å². The number of hydrogen-bond acceptors (Lipinski definition) is 4. The number of benzene rings is 1. The molecule has 4 heteroatoms. The van der Waals surface area contributed by atoms with Crippen molar-refractivity contribution >= 4 is 17.8 Å². The predicted molar refractivity (Wildman–Crippen MR) is 119 cm³/mol. The van der Waals surface area contributed by atoms with Gasteiger partial charge in [0.25, 0.3) is 0 Å². The van der Waals surface area contributed by atoms with Gasteiger partial charge in [0.05, 0.1) is 13.2 Å². The van der Waals surface area contributed by atoms with Crippen LogP contribution in [0.1, 0.15) is 87.1 Å². The molecule has 0 radical (unpaired) electrons. The molecular weight excluding hydrogens is 364 g/mol. The van der Waals surface area contributed by atoms with E-state index in [1.165, 1.54) is 39.2 Å². The van der Waals surface area contributed by atoms with E-state index < -0.39 is 6.10 Å². The van der Waals surface area contributed by atoms with Gasteiger partial charge in [0.15, 0.2) is 5.78 Å². The van der Waals surface area contributed by atoms with Crippen molar-refractivity contribution in [3.05, 3.63) is 53.6 Å². The Kier molecular flexibility index (Phi) is 13.4. The van der Waals surface area contributed by atoms with Gasteiger partial charge in [-0.05, 0) is 18.4 Å². The molecule has 0 fully saturated rings. The fourth-order valence-electron chi connectivity index (χ4n) is 3.11. The highest BCUT2D eigenvalue weighted by Crippen LogP contribution is 2.15. The molecule has 160 valence electrons. The summed E-state index contributed by atoms with van der Waals surface area (Å²) < 4.78 is 4.60. The van der Waals surface area contributed by atoms with Crippen LogP contribution >= 0.6 is 0 Å². The maximum Gasteiger partial charge on any atom is 0.305 e. The topological polar surface area (TPSA) is 63.6 Å². The Hall–Kier alpha value is -2.20. The van der Waals surface area contributed by atoms with Gasteiger partial charge in [-0.1, -0.05) is 94.0 Å². The molecule has 1 aromatic carbocycles. The van der Waals surface area contributed by atoms with E-state index in [0.717, 1.165) is 18.4 Å². The van der Waals surface area contributed by atoms with Crippen LogP contribution in [0.15, 0.2) is 42.5 Å². The van der Waals surface area contributed by atoms with Gasteiger partial charge < -0.3 is 9.84 Å². The van der Waals surface area contributed by atoms with Crippen molar-refractivity contribution in [1.29, 1.82) is 0 Å². The van der Waals surface area contributed by atoms with E-state index in [0.29, 0.717) is 18.4 Å². The largest absolute Gasteiger partial charge is 0.469 e. The van der Waals surface area contributed by atoms with Gasteiger partial charge >= 0.3 is 5.97 Å². The number of esters is 1.